The summed E-state index contributed by atoms with van der Waals surface area (Å²) in [6.45, 7) is 12.1. The van der Waals surface area contributed by atoms with Crippen molar-refractivity contribution in [3.8, 4) is 0 Å². The van der Waals surface area contributed by atoms with Crippen molar-refractivity contribution in [2.45, 2.75) is 128 Å². The lowest BCUT2D eigenvalue weighted by atomic mass is 9.43. The van der Waals surface area contributed by atoms with Gasteiger partial charge in [0, 0.05) is 55.7 Å². The summed E-state index contributed by atoms with van der Waals surface area (Å²) >= 11 is 0. The minimum atomic E-state index is -1.88. The van der Waals surface area contributed by atoms with Gasteiger partial charge in [0.2, 0.25) is 12.0 Å². The Morgan fingerprint density at radius 3 is 2.18 bits per heavy atom. The fraction of sp³-hybridized carbons (Fsp3) is 0.612. The second-order valence-corrected chi connectivity index (χ2v) is 18.7. The first-order chi connectivity index (χ1) is 30.8. The number of aliphatic hydroxyl groups is 4. The minimum Gasteiger partial charge on any atom is -0.455 e. The summed E-state index contributed by atoms with van der Waals surface area (Å²) in [6.07, 6.45) is -6.76. The number of ether oxygens (including phenoxy) is 5. The highest BCUT2D eigenvalue weighted by Crippen LogP contribution is 2.64. The number of nitrogens with one attached hydrogen (secondary N) is 2. The van der Waals surface area contributed by atoms with E-state index in [1.165, 1.54) is 6.92 Å². The molecule has 16 heteroatoms. The van der Waals surface area contributed by atoms with E-state index in [4.69, 9.17) is 23.7 Å². The van der Waals surface area contributed by atoms with Crippen molar-refractivity contribution in [2.75, 3.05) is 39.6 Å². The van der Waals surface area contributed by atoms with Gasteiger partial charge in [-0.05, 0) is 61.4 Å². The van der Waals surface area contributed by atoms with Crippen LogP contribution in [0.15, 0.2) is 71.8 Å². The van der Waals surface area contributed by atoms with Crippen LogP contribution in [0.25, 0.3) is 0 Å². The third kappa shape index (κ3) is 9.81. The molecule has 3 aliphatic carbocycles. The van der Waals surface area contributed by atoms with E-state index in [1.807, 2.05) is 6.92 Å². The van der Waals surface area contributed by atoms with Crippen LogP contribution >= 0.6 is 0 Å². The SMILES string of the molecule is CCCOCCOCCNC(=O)CCCC(=O)OC(C(=O)OC1CC2(O)C(C)C3C4(O)COC4CC(O)[C@@]3(C)C(=O)C(O)C(=C1C)C2(C)C)C(NC(=O)c1ccccc1)c1ccccc1. The highest BCUT2D eigenvalue weighted by Gasteiger charge is 2.74. The Bertz CT molecular complexity index is 2060. The van der Waals surface area contributed by atoms with Gasteiger partial charge >= 0.3 is 11.9 Å². The zero-order valence-corrected chi connectivity index (χ0v) is 38.2. The van der Waals surface area contributed by atoms with Crippen LogP contribution in [0.4, 0.5) is 0 Å². The fourth-order valence-corrected chi connectivity index (χ4v) is 10.8. The average molecular weight is 907 g/mol. The number of ketones is 1. The molecule has 65 heavy (non-hydrogen) atoms. The predicted octanol–water partition coefficient (Wildman–Crippen LogP) is 3.29. The van der Waals surface area contributed by atoms with Crippen LogP contribution in [0, 0.1) is 22.7 Å². The zero-order valence-electron chi connectivity index (χ0n) is 38.2. The molecule has 1 aliphatic heterocycles. The lowest BCUT2D eigenvalue weighted by Gasteiger charge is -2.67. The van der Waals surface area contributed by atoms with Gasteiger partial charge in [-0.2, -0.15) is 0 Å². The van der Waals surface area contributed by atoms with Gasteiger partial charge in [-0.15, -0.1) is 0 Å². The predicted molar refractivity (Wildman–Crippen MR) is 235 cm³/mol. The Labute approximate surface area is 380 Å². The fourth-order valence-electron chi connectivity index (χ4n) is 10.8. The Balaban J connectivity index is 1.28. The second-order valence-electron chi connectivity index (χ2n) is 18.7. The summed E-state index contributed by atoms with van der Waals surface area (Å²) in [5.41, 5.74) is -5.50. The topological polar surface area (TPSA) is 236 Å². The maximum Gasteiger partial charge on any atom is 0.350 e. The van der Waals surface area contributed by atoms with E-state index < -0.39 is 94.1 Å². The summed E-state index contributed by atoms with van der Waals surface area (Å²) in [7, 11) is 0. The summed E-state index contributed by atoms with van der Waals surface area (Å²) in [4.78, 5) is 69.5. The van der Waals surface area contributed by atoms with E-state index in [1.54, 1.807) is 88.4 Å². The molecule has 2 aromatic rings. The molecule has 3 fully saturated rings. The van der Waals surface area contributed by atoms with Gasteiger partial charge in [0.1, 0.15) is 23.9 Å². The molecule has 0 aromatic heterocycles. The van der Waals surface area contributed by atoms with Gasteiger partial charge in [-0.25, -0.2) is 4.79 Å². The number of hydrogen-bond donors (Lipinski definition) is 6. The van der Waals surface area contributed by atoms with Crippen LogP contribution in [0.1, 0.15) is 102 Å². The maximum absolute atomic E-state index is 14.8. The lowest BCUT2D eigenvalue weighted by molar-refractivity contribution is -0.335. The molecular formula is C49H66N2O14. The summed E-state index contributed by atoms with van der Waals surface area (Å²) in [6, 6.07) is 15.3. The molecule has 356 valence electrons. The number of amides is 2. The van der Waals surface area contributed by atoms with Crippen LogP contribution in [-0.2, 0) is 42.9 Å². The quantitative estimate of drug-likeness (QED) is 0.0675. The molecule has 2 bridgehead atoms. The Morgan fingerprint density at radius 1 is 0.908 bits per heavy atom. The second kappa shape index (κ2) is 20.5. The summed E-state index contributed by atoms with van der Waals surface area (Å²) in [5, 5.41) is 54.4. The molecular weight excluding hydrogens is 841 g/mol. The lowest BCUT2D eigenvalue weighted by Crippen LogP contribution is -2.78. The van der Waals surface area contributed by atoms with E-state index in [-0.39, 0.29) is 74.5 Å². The normalized spacial score (nSPS) is 31.1. The number of hydrogen-bond acceptors (Lipinski definition) is 14. The first kappa shape index (κ1) is 49.9. The standard InChI is InChI=1S/C49H66N2O14/c1-7-22-61-24-25-62-23-21-50-36(53)19-14-20-37(54)65-41(39(31-15-10-8-11-16-31)51-44(57)32-17-12-9-13-18-32)45(58)64-33-27-49(60)30(3)42-47(6,34(52)26-35-48(42,59)28-63-35)43(56)40(55)38(29(33)2)46(49,4)5/h8-13,15-18,30,33-35,39-42,52,55,59-60H,7,14,19-28H2,1-6H3,(H,50,53)(H,51,57)/t30?,33?,34?,35?,39?,40?,41?,42?,47-,48?,49?/m1/s1. The molecule has 6 N–H and O–H groups in total. The highest BCUT2D eigenvalue weighted by molar-refractivity contribution is 5.95. The monoisotopic (exact) mass is 906 g/mol. The largest absolute Gasteiger partial charge is 0.455 e. The third-order valence-electron chi connectivity index (χ3n) is 14.5. The molecule has 1 heterocycles. The summed E-state index contributed by atoms with van der Waals surface area (Å²) < 4.78 is 28.7. The van der Waals surface area contributed by atoms with Crippen molar-refractivity contribution in [2.24, 2.45) is 22.7 Å². The highest BCUT2D eigenvalue weighted by atomic mass is 16.6. The molecule has 10 unspecified atom stereocenters. The van der Waals surface area contributed by atoms with E-state index in [0.717, 1.165) is 6.42 Å². The number of rotatable bonds is 19. The minimum absolute atomic E-state index is 0.0296. The van der Waals surface area contributed by atoms with Crippen LogP contribution in [0.5, 0.6) is 0 Å². The first-order valence-electron chi connectivity index (χ1n) is 22.7. The van der Waals surface area contributed by atoms with Gasteiger partial charge in [-0.1, -0.05) is 76.2 Å². The molecule has 6 rings (SSSR count). The van der Waals surface area contributed by atoms with Crippen molar-refractivity contribution in [1.29, 1.82) is 0 Å². The number of carbonyl (C=O) groups is 5. The number of fused-ring (bicyclic) bond motifs is 5. The first-order valence-corrected chi connectivity index (χ1v) is 22.7. The average Bonchev–Trinajstić information content (AvgIpc) is 3.28. The Morgan fingerprint density at radius 2 is 1.55 bits per heavy atom. The smallest absolute Gasteiger partial charge is 0.350 e. The van der Waals surface area contributed by atoms with Gasteiger partial charge in [-0.3, -0.25) is 19.2 Å². The van der Waals surface area contributed by atoms with Crippen molar-refractivity contribution in [3.05, 3.63) is 82.9 Å². The summed E-state index contributed by atoms with van der Waals surface area (Å²) in [5.74, 6) is -5.63. The molecule has 0 radical (unpaired) electrons. The number of aliphatic hydroxyl groups excluding tert-OH is 2. The van der Waals surface area contributed by atoms with E-state index in [2.05, 4.69) is 10.6 Å². The van der Waals surface area contributed by atoms with Gasteiger partial charge < -0.3 is 54.7 Å². The number of Topliss-reactive ketones (excluding diaryl/α,β-unsaturated/α-hetero) is 1. The molecule has 0 spiro atoms. The number of esters is 2. The van der Waals surface area contributed by atoms with Crippen molar-refractivity contribution in [3.63, 3.8) is 0 Å². The zero-order chi connectivity index (χ0) is 47.3. The van der Waals surface area contributed by atoms with E-state index in [9.17, 15) is 44.4 Å². The van der Waals surface area contributed by atoms with Crippen molar-refractivity contribution < 1.29 is 68.1 Å². The number of carbonyl (C=O) groups excluding carboxylic acids is 5. The van der Waals surface area contributed by atoms with Crippen LogP contribution in [-0.4, -0.2) is 131 Å². The molecule has 16 nitrogen and oxygen atoms in total. The van der Waals surface area contributed by atoms with Crippen LogP contribution in [0.2, 0.25) is 0 Å². The van der Waals surface area contributed by atoms with Crippen LogP contribution in [0.3, 0.4) is 0 Å². The van der Waals surface area contributed by atoms with Crippen molar-refractivity contribution >= 4 is 29.5 Å². The third-order valence-corrected chi connectivity index (χ3v) is 14.5. The van der Waals surface area contributed by atoms with Gasteiger partial charge in [0.15, 0.2) is 5.78 Å². The Hall–Kier alpha value is -4.55. The molecule has 2 aromatic carbocycles. The Kier molecular flexibility index (Phi) is 15.8. The molecule has 11 atom stereocenters. The van der Waals surface area contributed by atoms with E-state index in [0.29, 0.717) is 25.4 Å². The molecule has 1 saturated heterocycles. The molecule has 2 amide bonds. The number of benzene rings is 2. The van der Waals surface area contributed by atoms with Gasteiger partial charge in [0.25, 0.3) is 5.91 Å². The maximum atomic E-state index is 14.8. The van der Waals surface area contributed by atoms with Gasteiger partial charge in [0.05, 0.1) is 49.7 Å². The van der Waals surface area contributed by atoms with Crippen molar-refractivity contribution in [1.82, 2.24) is 10.6 Å². The van der Waals surface area contributed by atoms with E-state index >= 15 is 0 Å². The molecule has 2 saturated carbocycles. The van der Waals surface area contributed by atoms with Crippen LogP contribution < -0.4 is 10.6 Å². The molecule has 4 aliphatic rings.